The fourth-order valence-electron chi connectivity index (χ4n) is 2.22. The highest BCUT2D eigenvalue weighted by atomic mass is 16.1. The van der Waals surface area contributed by atoms with E-state index in [0.717, 1.165) is 11.1 Å². The maximum absolute atomic E-state index is 12.2. The normalized spacial score (nSPS) is 11.9. The van der Waals surface area contributed by atoms with E-state index in [4.69, 9.17) is 5.73 Å². The van der Waals surface area contributed by atoms with E-state index < -0.39 is 0 Å². The molecule has 3 nitrogen and oxygen atoms in total. The Labute approximate surface area is 119 Å². The summed E-state index contributed by atoms with van der Waals surface area (Å²) in [5.74, 6) is -0.0654. The lowest BCUT2D eigenvalue weighted by molar-refractivity contribution is 0.0940. The molecule has 0 aliphatic heterocycles. The van der Waals surface area contributed by atoms with Crippen LogP contribution in [-0.4, -0.2) is 5.91 Å². The van der Waals surface area contributed by atoms with Crippen LogP contribution in [0, 0.1) is 6.92 Å². The molecule has 0 radical (unpaired) electrons. The number of nitrogens with one attached hydrogen (secondary N) is 1. The monoisotopic (exact) mass is 268 g/mol. The number of aryl methyl sites for hydroxylation is 1. The molecule has 1 atom stereocenters. The third kappa shape index (κ3) is 3.25. The fraction of sp³-hybridized carbons (Fsp3) is 0.235. The quantitative estimate of drug-likeness (QED) is 0.895. The van der Waals surface area contributed by atoms with Gasteiger partial charge in [0, 0.05) is 12.1 Å². The highest BCUT2D eigenvalue weighted by Crippen LogP contribution is 2.17. The summed E-state index contributed by atoms with van der Waals surface area (Å²) in [7, 11) is 0. The first-order valence-corrected chi connectivity index (χ1v) is 6.77. The lowest BCUT2D eigenvalue weighted by Gasteiger charge is -2.16. The van der Waals surface area contributed by atoms with Gasteiger partial charge in [0.15, 0.2) is 0 Å². The molecule has 104 valence electrons. The van der Waals surface area contributed by atoms with E-state index in [0.29, 0.717) is 12.1 Å². The van der Waals surface area contributed by atoms with Crippen molar-refractivity contribution in [3.8, 4) is 0 Å². The maximum Gasteiger partial charge on any atom is 0.251 e. The van der Waals surface area contributed by atoms with Crippen LogP contribution < -0.4 is 11.1 Å². The molecule has 2 rings (SSSR count). The summed E-state index contributed by atoms with van der Waals surface area (Å²) in [6, 6.07) is 15.4. The average Bonchev–Trinajstić information content (AvgIpc) is 2.47. The summed E-state index contributed by atoms with van der Waals surface area (Å²) in [6.07, 6.45) is 0. The predicted octanol–water partition coefficient (Wildman–Crippen LogP) is 2.94. The van der Waals surface area contributed by atoms with E-state index in [1.165, 1.54) is 5.56 Å². The molecule has 0 fully saturated rings. The van der Waals surface area contributed by atoms with Crippen molar-refractivity contribution in [2.24, 2.45) is 5.73 Å². The first kappa shape index (κ1) is 14.3. The van der Waals surface area contributed by atoms with Crippen LogP contribution in [0.1, 0.15) is 40.0 Å². The molecule has 0 bridgehead atoms. The topological polar surface area (TPSA) is 55.1 Å². The summed E-state index contributed by atoms with van der Waals surface area (Å²) in [5, 5.41) is 3.02. The van der Waals surface area contributed by atoms with E-state index in [1.807, 2.05) is 62.4 Å². The molecule has 0 spiro atoms. The lowest BCUT2D eigenvalue weighted by Crippen LogP contribution is -2.27. The van der Waals surface area contributed by atoms with Crippen molar-refractivity contribution in [2.45, 2.75) is 26.4 Å². The Balaban J connectivity index is 2.09. The Bertz CT molecular complexity index is 590. The zero-order valence-corrected chi connectivity index (χ0v) is 11.9. The number of nitrogens with two attached hydrogens (primary N) is 1. The van der Waals surface area contributed by atoms with E-state index in [-0.39, 0.29) is 11.9 Å². The number of rotatable bonds is 4. The van der Waals surface area contributed by atoms with Crippen LogP contribution in [0.5, 0.6) is 0 Å². The molecule has 0 saturated heterocycles. The Morgan fingerprint density at radius 2 is 1.80 bits per heavy atom. The number of carbonyl (C=O) groups is 1. The predicted molar refractivity (Wildman–Crippen MR) is 81.4 cm³/mol. The standard InChI is InChI=1S/C17H20N2O/c1-12-5-3-4-6-16(12)13(2)19-17(20)15-9-7-14(11-18)8-10-15/h3-10,13H,11,18H2,1-2H3,(H,19,20)/t13-/m0/s1. The number of carbonyl (C=O) groups excluding carboxylic acids is 1. The number of amides is 1. The average molecular weight is 268 g/mol. The van der Waals surface area contributed by atoms with Crippen LogP contribution in [0.25, 0.3) is 0 Å². The number of hydrogen-bond donors (Lipinski definition) is 2. The summed E-state index contributed by atoms with van der Waals surface area (Å²) in [5.41, 5.74) is 9.54. The maximum atomic E-state index is 12.2. The van der Waals surface area contributed by atoms with Gasteiger partial charge in [0.25, 0.3) is 5.91 Å². The van der Waals surface area contributed by atoms with Gasteiger partial charge in [-0.25, -0.2) is 0 Å². The van der Waals surface area contributed by atoms with Crippen LogP contribution in [-0.2, 0) is 6.54 Å². The van der Waals surface area contributed by atoms with E-state index in [2.05, 4.69) is 5.32 Å². The van der Waals surface area contributed by atoms with E-state index in [9.17, 15) is 4.79 Å². The molecule has 3 N–H and O–H groups in total. The smallest absolute Gasteiger partial charge is 0.251 e. The van der Waals surface area contributed by atoms with Crippen LogP contribution in [0.2, 0.25) is 0 Å². The summed E-state index contributed by atoms with van der Waals surface area (Å²) in [6.45, 7) is 4.53. The molecular weight excluding hydrogens is 248 g/mol. The highest BCUT2D eigenvalue weighted by Gasteiger charge is 2.12. The minimum atomic E-state index is -0.0654. The minimum Gasteiger partial charge on any atom is -0.346 e. The van der Waals surface area contributed by atoms with Crippen LogP contribution in [0.4, 0.5) is 0 Å². The van der Waals surface area contributed by atoms with Gasteiger partial charge in [-0.15, -0.1) is 0 Å². The molecule has 0 unspecified atom stereocenters. The van der Waals surface area contributed by atoms with Crippen molar-refractivity contribution in [1.82, 2.24) is 5.32 Å². The second-order valence-electron chi connectivity index (χ2n) is 4.95. The van der Waals surface area contributed by atoms with E-state index >= 15 is 0 Å². The van der Waals surface area contributed by atoms with Crippen molar-refractivity contribution in [1.29, 1.82) is 0 Å². The Morgan fingerprint density at radius 3 is 2.40 bits per heavy atom. The summed E-state index contributed by atoms with van der Waals surface area (Å²) >= 11 is 0. The van der Waals surface area contributed by atoms with Crippen LogP contribution >= 0.6 is 0 Å². The molecule has 20 heavy (non-hydrogen) atoms. The zero-order valence-electron chi connectivity index (χ0n) is 11.9. The third-order valence-corrected chi connectivity index (χ3v) is 3.45. The Hall–Kier alpha value is -2.13. The lowest BCUT2D eigenvalue weighted by atomic mass is 10.0. The largest absolute Gasteiger partial charge is 0.346 e. The summed E-state index contributed by atoms with van der Waals surface area (Å²) < 4.78 is 0. The molecular formula is C17H20N2O. The van der Waals surface area contributed by atoms with Gasteiger partial charge in [0.05, 0.1) is 6.04 Å². The van der Waals surface area contributed by atoms with E-state index in [1.54, 1.807) is 0 Å². The second kappa shape index (κ2) is 6.35. The SMILES string of the molecule is Cc1ccccc1[C@H](C)NC(=O)c1ccc(CN)cc1. The molecule has 0 aliphatic carbocycles. The summed E-state index contributed by atoms with van der Waals surface area (Å²) in [4.78, 5) is 12.2. The zero-order chi connectivity index (χ0) is 14.5. The minimum absolute atomic E-state index is 0.0158. The van der Waals surface area contributed by atoms with Crippen molar-refractivity contribution >= 4 is 5.91 Å². The van der Waals surface area contributed by atoms with Gasteiger partial charge in [-0.1, -0.05) is 36.4 Å². The molecule has 1 amide bonds. The molecule has 0 aliphatic rings. The van der Waals surface area contributed by atoms with Crippen LogP contribution in [0.3, 0.4) is 0 Å². The Morgan fingerprint density at radius 1 is 1.15 bits per heavy atom. The number of hydrogen-bond acceptors (Lipinski definition) is 2. The number of benzene rings is 2. The molecule has 0 aromatic heterocycles. The van der Waals surface area contributed by atoms with Crippen molar-refractivity contribution in [3.63, 3.8) is 0 Å². The first-order chi connectivity index (χ1) is 9.61. The molecule has 3 heteroatoms. The van der Waals surface area contributed by atoms with Gasteiger partial charge < -0.3 is 11.1 Å². The van der Waals surface area contributed by atoms with Gasteiger partial charge in [-0.05, 0) is 42.7 Å². The van der Waals surface area contributed by atoms with Crippen molar-refractivity contribution in [2.75, 3.05) is 0 Å². The molecule has 0 heterocycles. The van der Waals surface area contributed by atoms with Gasteiger partial charge >= 0.3 is 0 Å². The highest BCUT2D eigenvalue weighted by molar-refractivity contribution is 5.94. The third-order valence-electron chi connectivity index (χ3n) is 3.45. The molecule has 0 saturated carbocycles. The van der Waals surface area contributed by atoms with Gasteiger partial charge in [-0.3, -0.25) is 4.79 Å². The van der Waals surface area contributed by atoms with Gasteiger partial charge in [0.2, 0.25) is 0 Å². The van der Waals surface area contributed by atoms with Gasteiger partial charge in [0.1, 0.15) is 0 Å². The van der Waals surface area contributed by atoms with Crippen LogP contribution in [0.15, 0.2) is 48.5 Å². The molecule has 2 aromatic rings. The fourth-order valence-corrected chi connectivity index (χ4v) is 2.22. The first-order valence-electron chi connectivity index (χ1n) is 6.77. The van der Waals surface area contributed by atoms with Gasteiger partial charge in [-0.2, -0.15) is 0 Å². The van der Waals surface area contributed by atoms with Crippen molar-refractivity contribution in [3.05, 3.63) is 70.8 Å². The second-order valence-corrected chi connectivity index (χ2v) is 4.95. The molecule has 2 aromatic carbocycles. The Kier molecular flexibility index (Phi) is 4.53. The van der Waals surface area contributed by atoms with Crippen molar-refractivity contribution < 1.29 is 4.79 Å².